The zero-order valence-electron chi connectivity index (χ0n) is 8.55. The lowest BCUT2D eigenvalue weighted by Gasteiger charge is -2.06. The van der Waals surface area contributed by atoms with Crippen molar-refractivity contribution in [3.05, 3.63) is 56.2 Å². The minimum absolute atomic E-state index is 0.311. The van der Waals surface area contributed by atoms with E-state index < -0.39 is 6.10 Å². The summed E-state index contributed by atoms with van der Waals surface area (Å²) in [6.07, 6.45) is -0.760. The maximum Gasteiger partial charge on any atom is 0.132 e. The Morgan fingerprint density at radius 3 is 2.47 bits per heavy atom. The summed E-state index contributed by atoms with van der Waals surface area (Å²) in [6.45, 7) is 0. The topological polar surface area (TPSA) is 20.2 Å². The van der Waals surface area contributed by atoms with Crippen LogP contribution >= 0.6 is 31.9 Å². The number of benzene rings is 2. The number of fused-ring (bicyclic) bond motifs is 3. The monoisotopic (exact) mass is 356 g/mol. The predicted molar refractivity (Wildman–Crippen MR) is 71.3 cm³/mol. The summed E-state index contributed by atoms with van der Waals surface area (Å²) in [5, 5.41) is 10.2. The van der Waals surface area contributed by atoms with Crippen molar-refractivity contribution >= 4 is 31.9 Å². The molecule has 0 aromatic heterocycles. The van der Waals surface area contributed by atoms with E-state index in [1.807, 2.05) is 18.2 Å². The van der Waals surface area contributed by atoms with Crippen molar-refractivity contribution in [2.45, 2.75) is 6.10 Å². The fourth-order valence-electron chi connectivity index (χ4n) is 2.25. The van der Waals surface area contributed by atoms with Crippen molar-refractivity contribution in [1.29, 1.82) is 0 Å². The maximum atomic E-state index is 14.0. The Balaban J connectivity index is 2.35. The van der Waals surface area contributed by atoms with E-state index >= 15 is 0 Å². The number of halogens is 3. The van der Waals surface area contributed by atoms with Gasteiger partial charge in [-0.3, -0.25) is 0 Å². The van der Waals surface area contributed by atoms with Gasteiger partial charge in [0.2, 0.25) is 0 Å². The molecule has 0 bridgehead atoms. The van der Waals surface area contributed by atoms with Crippen molar-refractivity contribution in [1.82, 2.24) is 0 Å². The second-order valence-corrected chi connectivity index (χ2v) is 5.82. The van der Waals surface area contributed by atoms with Crippen LogP contribution in [0.2, 0.25) is 0 Å². The van der Waals surface area contributed by atoms with Crippen molar-refractivity contribution in [3.63, 3.8) is 0 Å². The molecule has 1 nitrogen and oxygen atoms in total. The Hall–Kier alpha value is -0.710. The normalized spacial score (nSPS) is 16.8. The van der Waals surface area contributed by atoms with Crippen LogP contribution in [0.3, 0.4) is 0 Å². The van der Waals surface area contributed by atoms with Crippen LogP contribution < -0.4 is 0 Å². The van der Waals surface area contributed by atoms with Crippen LogP contribution in [0.1, 0.15) is 17.2 Å². The third-order valence-electron chi connectivity index (χ3n) is 2.96. The van der Waals surface area contributed by atoms with E-state index in [1.165, 1.54) is 6.07 Å². The first-order valence-corrected chi connectivity index (χ1v) is 6.63. The number of aliphatic hydroxyl groups is 1. The fourth-order valence-corrected chi connectivity index (χ4v) is 3.07. The molecule has 1 aliphatic rings. The summed E-state index contributed by atoms with van der Waals surface area (Å²) in [4.78, 5) is 0. The van der Waals surface area contributed by atoms with Gasteiger partial charge in [-0.15, -0.1) is 0 Å². The molecule has 0 fully saturated rings. The summed E-state index contributed by atoms with van der Waals surface area (Å²) in [7, 11) is 0. The number of hydrogen-bond donors (Lipinski definition) is 1. The summed E-state index contributed by atoms with van der Waals surface area (Å²) in [5.74, 6) is -0.311. The van der Waals surface area contributed by atoms with Gasteiger partial charge in [-0.2, -0.15) is 0 Å². The van der Waals surface area contributed by atoms with Gasteiger partial charge in [0, 0.05) is 14.5 Å². The highest BCUT2D eigenvalue weighted by Crippen LogP contribution is 2.46. The predicted octanol–water partition coefficient (Wildman–Crippen LogP) is 4.41. The Kier molecular flexibility index (Phi) is 2.61. The van der Waals surface area contributed by atoms with E-state index in [0.29, 0.717) is 15.6 Å². The zero-order valence-corrected chi connectivity index (χ0v) is 11.7. The average Bonchev–Trinajstić information content (AvgIpc) is 2.53. The van der Waals surface area contributed by atoms with Crippen LogP contribution in [0.25, 0.3) is 11.1 Å². The molecule has 2 aromatic rings. The molecule has 1 atom stereocenters. The molecule has 0 spiro atoms. The molecular formula is C13H7Br2FO. The molecule has 0 saturated heterocycles. The lowest BCUT2D eigenvalue weighted by molar-refractivity contribution is 0.225. The Morgan fingerprint density at radius 2 is 1.71 bits per heavy atom. The lowest BCUT2D eigenvalue weighted by Crippen LogP contribution is -1.94. The molecule has 3 rings (SSSR count). The maximum absolute atomic E-state index is 14.0. The number of hydrogen-bond acceptors (Lipinski definition) is 1. The molecule has 17 heavy (non-hydrogen) atoms. The lowest BCUT2D eigenvalue weighted by atomic mass is 10.1. The Morgan fingerprint density at radius 1 is 1.00 bits per heavy atom. The van der Waals surface area contributed by atoms with Crippen LogP contribution in [0.5, 0.6) is 0 Å². The van der Waals surface area contributed by atoms with Crippen LogP contribution in [-0.2, 0) is 0 Å². The standard InChI is InChI=1S/C13H7Br2FO/c14-6-1-2-8-9(3-6)13(17)10-4-7(15)5-11(16)12(8)10/h1-5,13,17H. The summed E-state index contributed by atoms with van der Waals surface area (Å²) in [6, 6.07) is 8.68. The highest BCUT2D eigenvalue weighted by molar-refractivity contribution is 9.10. The molecule has 0 saturated carbocycles. The van der Waals surface area contributed by atoms with E-state index in [4.69, 9.17) is 0 Å². The highest BCUT2D eigenvalue weighted by atomic mass is 79.9. The first-order valence-electron chi connectivity index (χ1n) is 5.05. The molecule has 86 valence electrons. The molecule has 4 heteroatoms. The molecule has 1 aliphatic carbocycles. The summed E-state index contributed by atoms with van der Waals surface area (Å²) < 4.78 is 15.5. The number of rotatable bonds is 0. The van der Waals surface area contributed by atoms with Gasteiger partial charge >= 0.3 is 0 Å². The second-order valence-electron chi connectivity index (χ2n) is 3.99. The van der Waals surface area contributed by atoms with Gasteiger partial charge in [0.25, 0.3) is 0 Å². The van der Waals surface area contributed by atoms with Crippen molar-refractivity contribution < 1.29 is 9.50 Å². The van der Waals surface area contributed by atoms with Crippen LogP contribution in [0, 0.1) is 5.82 Å². The van der Waals surface area contributed by atoms with Gasteiger partial charge in [-0.1, -0.05) is 37.9 Å². The van der Waals surface area contributed by atoms with E-state index in [0.717, 1.165) is 15.6 Å². The smallest absolute Gasteiger partial charge is 0.132 e. The number of aliphatic hydroxyl groups excluding tert-OH is 1. The third kappa shape index (κ3) is 1.66. The molecule has 0 heterocycles. The summed E-state index contributed by atoms with van der Waals surface area (Å²) >= 11 is 6.60. The van der Waals surface area contributed by atoms with Crippen molar-refractivity contribution in [2.75, 3.05) is 0 Å². The minimum Gasteiger partial charge on any atom is -0.384 e. The Labute approximate surface area is 115 Å². The van der Waals surface area contributed by atoms with Crippen LogP contribution in [0.4, 0.5) is 4.39 Å². The molecular weight excluding hydrogens is 351 g/mol. The first kappa shape index (κ1) is 11.4. The highest BCUT2D eigenvalue weighted by Gasteiger charge is 2.30. The van der Waals surface area contributed by atoms with Crippen molar-refractivity contribution in [2.24, 2.45) is 0 Å². The quantitative estimate of drug-likeness (QED) is 0.740. The zero-order chi connectivity index (χ0) is 12.2. The van der Waals surface area contributed by atoms with Crippen LogP contribution in [0.15, 0.2) is 39.3 Å². The van der Waals surface area contributed by atoms with E-state index in [-0.39, 0.29) is 5.82 Å². The van der Waals surface area contributed by atoms with Gasteiger partial charge in [0.1, 0.15) is 11.9 Å². The van der Waals surface area contributed by atoms with E-state index in [1.54, 1.807) is 6.07 Å². The van der Waals surface area contributed by atoms with Gasteiger partial charge in [-0.25, -0.2) is 4.39 Å². The molecule has 0 radical (unpaired) electrons. The van der Waals surface area contributed by atoms with E-state index in [2.05, 4.69) is 31.9 Å². The SMILES string of the molecule is OC1c2cc(Br)ccc2-c2c(F)cc(Br)cc21. The molecule has 2 aromatic carbocycles. The second kappa shape index (κ2) is 3.90. The van der Waals surface area contributed by atoms with Gasteiger partial charge in [0.15, 0.2) is 0 Å². The molecule has 0 amide bonds. The Bertz CT molecular complexity index is 625. The molecule has 1 N–H and O–H groups in total. The fraction of sp³-hybridized carbons (Fsp3) is 0.0769. The minimum atomic E-state index is -0.760. The van der Waals surface area contributed by atoms with Crippen molar-refractivity contribution in [3.8, 4) is 11.1 Å². The summed E-state index contributed by atoms with van der Waals surface area (Å²) in [5.41, 5.74) is 2.63. The average molecular weight is 358 g/mol. The van der Waals surface area contributed by atoms with Gasteiger partial charge in [0.05, 0.1) is 0 Å². The van der Waals surface area contributed by atoms with Gasteiger partial charge < -0.3 is 5.11 Å². The molecule has 1 unspecified atom stereocenters. The molecule has 0 aliphatic heterocycles. The van der Waals surface area contributed by atoms with E-state index in [9.17, 15) is 9.50 Å². The largest absolute Gasteiger partial charge is 0.384 e. The van der Waals surface area contributed by atoms with Gasteiger partial charge in [-0.05, 0) is 41.0 Å². The van der Waals surface area contributed by atoms with Crippen LogP contribution in [-0.4, -0.2) is 5.11 Å². The first-order chi connectivity index (χ1) is 8.08. The third-order valence-corrected chi connectivity index (χ3v) is 3.91.